The Kier molecular flexibility index (Phi) is 5.36. The second kappa shape index (κ2) is 7.80. The molecule has 2 aliphatic rings. The summed E-state index contributed by atoms with van der Waals surface area (Å²) in [4.78, 5) is 14.9. The third kappa shape index (κ3) is 3.76. The standard InChI is InChI=1S/C22H26N2O4S/c1-16-13-19(29(26,27)23-11-5-6-12-23)9-10-21(16)28-15-22(25)24-17(2)14-18-7-3-4-8-20(18)24/h3-4,7-10,13,17H,5-6,11-12,14-15H2,1-2H3. The monoisotopic (exact) mass is 414 g/mol. The molecule has 2 aromatic rings. The molecule has 0 bridgehead atoms. The SMILES string of the molecule is Cc1cc(S(=O)(=O)N2CCCC2)ccc1OCC(=O)N1c2ccccc2CC1C. The Balaban J connectivity index is 1.46. The average molecular weight is 415 g/mol. The molecule has 2 aliphatic heterocycles. The maximum absolute atomic E-state index is 12.8. The van der Waals surface area contributed by atoms with Crippen LogP contribution >= 0.6 is 0 Å². The molecule has 0 radical (unpaired) electrons. The lowest BCUT2D eigenvalue weighted by Crippen LogP contribution is -2.39. The lowest BCUT2D eigenvalue weighted by molar-refractivity contribution is -0.120. The molecule has 0 saturated carbocycles. The van der Waals surface area contributed by atoms with Crippen molar-refractivity contribution >= 4 is 21.6 Å². The fourth-order valence-corrected chi connectivity index (χ4v) is 5.78. The van der Waals surface area contributed by atoms with E-state index in [0.29, 0.717) is 24.4 Å². The van der Waals surface area contributed by atoms with Crippen molar-refractivity contribution in [1.82, 2.24) is 4.31 Å². The molecule has 2 aromatic carbocycles. The molecule has 2 heterocycles. The Hall–Kier alpha value is -2.38. The zero-order chi connectivity index (χ0) is 20.6. The van der Waals surface area contributed by atoms with E-state index in [1.807, 2.05) is 31.2 Å². The molecule has 154 valence electrons. The summed E-state index contributed by atoms with van der Waals surface area (Å²) < 4.78 is 32.7. The average Bonchev–Trinajstić information content (AvgIpc) is 3.34. The molecule has 1 fully saturated rings. The smallest absolute Gasteiger partial charge is 0.265 e. The van der Waals surface area contributed by atoms with E-state index in [1.165, 1.54) is 9.87 Å². The Morgan fingerprint density at radius 3 is 2.59 bits per heavy atom. The van der Waals surface area contributed by atoms with Crippen LogP contribution in [0.1, 0.15) is 30.9 Å². The van der Waals surface area contributed by atoms with Gasteiger partial charge in [-0.1, -0.05) is 18.2 Å². The van der Waals surface area contributed by atoms with Crippen molar-refractivity contribution in [2.75, 3.05) is 24.6 Å². The summed E-state index contributed by atoms with van der Waals surface area (Å²) in [5.74, 6) is 0.425. The first-order valence-electron chi connectivity index (χ1n) is 10.0. The minimum absolute atomic E-state index is 0.0856. The van der Waals surface area contributed by atoms with Crippen LogP contribution in [0.5, 0.6) is 5.75 Å². The number of para-hydroxylation sites is 1. The Morgan fingerprint density at radius 1 is 1.14 bits per heavy atom. The van der Waals surface area contributed by atoms with Gasteiger partial charge in [-0.3, -0.25) is 4.79 Å². The van der Waals surface area contributed by atoms with Gasteiger partial charge in [-0.15, -0.1) is 0 Å². The molecule has 0 aromatic heterocycles. The number of aryl methyl sites for hydroxylation is 1. The Labute approximate surface area is 172 Å². The second-order valence-electron chi connectivity index (χ2n) is 7.77. The predicted molar refractivity (Wildman–Crippen MR) is 112 cm³/mol. The number of sulfonamides is 1. The lowest BCUT2D eigenvalue weighted by atomic mass is 10.1. The number of fused-ring (bicyclic) bond motifs is 1. The summed E-state index contributed by atoms with van der Waals surface area (Å²) in [5, 5.41) is 0. The molecule has 6 nitrogen and oxygen atoms in total. The highest BCUT2D eigenvalue weighted by molar-refractivity contribution is 7.89. The van der Waals surface area contributed by atoms with Gasteiger partial charge in [0.2, 0.25) is 10.0 Å². The molecule has 7 heteroatoms. The molecular formula is C22H26N2O4S. The molecule has 0 N–H and O–H groups in total. The molecule has 29 heavy (non-hydrogen) atoms. The normalized spacial score (nSPS) is 19.4. The third-order valence-corrected chi connectivity index (χ3v) is 7.57. The largest absolute Gasteiger partial charge is 0.483 e. The maximum atomic E-state index is 12.8. The molecule has 0 spiro atoms. The fraction of sp³-hybridized carbons (Fsp3) is 0.409. The first kappa shape index (κ1) is 19.9. The third-order valence-electron chi connectivity index (χ3n) is 5.68. The van der Waals surface area contributed by atoms with Gasteiger partial charge in [0, 0.05) is 24.8 Å². The highest BCUT2D eigenvalue weighted by atomic mass is 32.2. The van der Waals surface area contributed by atoms with Crippen LogP contribution in [0, 0.1) is 6.92 Å². The van der Waals surface area contributed by atoms with E-state index in [-0.39, 0.29) is 23.5 Å². The summed E-state index contributed by atoms with van der Waals surface area (Å²) in [5.41, 5.74) is 2.81. The van der Waals surface area contributed by atoms with Crippen molar-refractivity contribution < 1.29 is 17.9 Å². The number of nitrogens with zero attached hydrogens (tertiary/aromatic N) is 2. The molecule has 1 saturated heterocycles. The van der Waals surface area contributed by atoms with Gasteiger partial charge in [0.05, 0.1) is 4.90 Å². The number of carbonyl (C=O) groups is 1. The number of carbonyl (C=O) groups excluding carboxylic acids is 1. The maximum Gasteiger partial charge on any atom is 0.265 e. The molecule has 1 unspecified atom stereocenters. The van der Waals surface area contributed by atoms with Gasteiger partial charge in [-0.25, -0.2) is 8.42 Å². The van der Waals surface area contributed by atoms with E-state index in [1.54, 1.807) is 30.0 Å². The van der Waals surface area contributed by atoms with Gasteiger partial charge >= 0.3 is 0 Å². The van der Waals surface area contributed by atoms with Crippen LogP contribution in [0.15, 0.2) is 47.4 Å². The second-order valence-corrected chi connectivity index (χ2v) is 9.71. The summed E-state index contributed by atoms with van der Waals surface area (Å²) >= 11 is 0. The van der Waals surface area contributed by atoms with Gasteiger partial charge in [-0.2, -0.15) is 4.31 Å². The fourth-order valence-electron chi connectivity index (χ4n) is 4.18. The van der Waals surface area contributed by atoms with E-state index in [4.69, 9.17) is 4.74 Å². The van der Waals surface area contributed by atoms with E-state index in [9.17, 15) is 13.2 Å². The van der Waals surface area contributed by atoms with Crippen molar-refractivity contribution in [3.05, 3.63) is 53.6 Å². The summed E-state index contributed by atoms with van der Waals surface area (Å²) in [6, 6.07) is 12.8. The van der Waals surface area contributed by atoms with Crippen LogP contribution in [0.25, 0.3) is 0 Å². The predicted octanol–water partition coefficient (Wildman–Crippen LogP) is 3.14. The number of hydrogen-bond donors (Lipinski definition) is 0. The summed E-state index contributed by atoms with van der Waals surface area (Å²) in [7, 11) is -3.46. The zero-order valence-corrected chi connectivity index (χ0v) is 17.6. The molecule has 1 atom stereocenters. The number of amides is 1. The van der Waals surface area contributed by atoms with Crippen LogP contribution in [-0.2, 0) is 21.2 Å². The van der Waals surface area contributed by atoms with Gasteiger partial charge < -0.3 is 9.64 Å². The first-order valence-corrected chi connectivity index (χ1v) is 11.5. The van der Waals surface area contributed by atoms with Crippen LogP contribution in [-0.4, -0.2) is 44.4 Å². The van der Waals surface area contributed by atoms with Crippen LogP contribution in [0.3, 0.4) is 0 Å². The molecule has 0 aliphatic carbocycles. The van der Waals surface area contributed by atoms with Crippen LogP contribution in [0.2, 0.25) is 0 Å². The van der Waals surface area contributed by atoms with Crippen molar-refractivity contribution in [3.8, 4) is 5.75 Å². The minimum atomic E-state index is -3.46. The minimum Gasteiger partial charge on any atom is -0.483 e. The quantitative estimate of drug-likeness (QED) is 0.754. The lowest BCUT2D eigenvalue weighted by Gasteiger charge is -2.23. The van der Waals surface area contributed by atoms with Gasteiger partial charge in [-0.05, 0) is 68.5 Å². The number of benzene rings is 2. The molecule has 1 amide bonds. The van der Waals surface area contributed by atoms with Crippen molar-refractivity contribution in [2.24, 2.45) is 0 Å². The number of rotatable bonds is 5. The summed E-state index contributed by atoms with van der Waals surface area (Å²) in [6.07, 6.45) is 2.64. The Bertz CT molecular complexity index is 1030. The van der Waals surface area contributed by atoms with Gasteiger partial charge in [0.15, 0.2) is 6.61 Å². The van der Waals surface area contributed by atoms with Crippen LogP contribution < -0.4 is 9.64 Å². The Morgan fingerprint density at radius 2 is 1.86 bits per heavy atom. The molecular weight excluding hydrogens is 388 g/mol. The van der Waals surface area contributed by atoms with E-state index in [2.05, 4.69) is 0 Å². The topological polar surface area (TPSA) is 66.9 Å². The molecule has 4 rings (SSSR count). The number of ether oxygens (including phenoxy) is 1. The van der Waals surface area contributed by atoms with Crippen molar-refractivity contribution in [1.29, 1.82) is 0 Å². The summed E-state index contributed by atoms with van der Waals surface area (Å²) in [6.45, 7) is 4.89. The van der Waals surface area contributed by atoms with Gasteiger partial charge in [0.25, 0.3) is 5.91 Å². The van der Waals surface area contributed by atoms with Crippen molar-refractivity contribution in [3.63, 3.8) is 0 Å². The van der Waals surface area contributed by atoms with E-state index < -0.39 is 10.0 Å². The highest BCUT2D eigenvalue weighted by Crippen LogP contribution is 2.32. The van der Waals surface area contributed by atoms with E-state index >= 15 is 0 Å². The van der Waals surface area contributed by atoms with E-state index in [0.717, 1.165) is 24.9 Å². The van der Waals surface area contributed by atoms with Crippen molar-refractivity contribution in [2.45, 2.75) is 44.0 Å². The highest BCUT2D eigenvalue weighted by Gasteiger charge is 2.31. The van der Waals surface area contributed by atoms with Crippen LogP contribution in [0.4, 0.5) is 5.69 Å². The number of hydrogen-bond acceptors (Lipinski definition) is 4. The first-order chi connectivity index (χ1) is 13.9. The van der Waals surface area contributed by atoms with Gasteiger partial charge in [0.1, 0.15) is 5.75 Å². The zero-order valence-electron chi connectivity index (χ0n) is 16.8. The number of anilines is 1.